The lowest BCUT2D eigenvalue weighted by Gasteiger charge is -2.35. The van der Waals surface area contributed by atoms with E-state index in [2.05, 4.69) is 34.2 Å². The van der Waals surface area contributed by atoms with Crippen LogP contribution in [0.2, 0.25) is 0 Å². The van der Waals surface area contributed by atoms with Crippen molar-refractivity contribution in [3.8, 4) is 5.75 Å². The van der Waals surface area contributed by atoms with Gasteiger partial charge in [0.05, 0.1) is 0 Å². The molecule has 0 atom stereocenters. The van der Waals surface area contributed by atoms with Crippen LogP contribution >= 0.6 is 0 Å². The Morgan fingerprint density at radius 1 is 1.10 bits per heavy atom. The van der Waals surface area contributed by atoms with Gasteiger partial charge in [-0.3, -0.25) is 9.59 Å². The van der Waals surface area contributed by atoms with Crippen LogP contribution in [0.25, 0.3) is 6.08 Å². The van der Waals surface area contributed by atoms with Crippen LogP contribution in [0.3, 0.4) is 0 Å². The Morgan fingerprint density at radius 3 is 2.42 bits per heavy atom. The lowest BCUT2D eigenvalue weighted by atomic mass is 10.1. The first kappa shape index (κ1) is 22.4. The molecule has 0 saturated carbocycles. The summed E-state index contributed by atoms with van der Waals surface area (Å²) in [4.78, 5) is 27.9. The molecule has 2 aromatic carbocycles. The summed E-state index contributed by atoms with van der Waals surface area (Å²) < 4.78 is 5.22. The second-order valence-corrected chi connectivity index (χ2v) is 7.57. The van der Waals surface area contributed by atoms with Crippen molar-refractivity contribution in [3.63, 3.8) is 0 Å². The van der Waals surface area contributed by atoms with Crippen molar-refractivity contribution in [2.24, 2.45) is 5.73 Å². The van der Waals surface area contributed by atoms with Crippen LogP contribution in [0.1, 0.15) is 18.1 Å². The third kappa shape index (κ3) is 6.58. The smallest absolute Gasteiger partial charge is 0.255 e. The van der Waals surface area contributed by atoms with Crippen LogP contribution in [0, 0.1) is 6.92 Å². The van der Waals surface area contributed by atoms with Gasteiger partial charge in [-0.1, -0.05) is 19.1 Å². The highest BCUT2D eigenvalue weighted by Crippen LogP contribution is 2.24. The average Bonchev–Trinajstić information content (AvgIpc) is 2.78. The zero-order chi connectivity index (χ0) is 22.2. The quantitative estimate of drug-likeness (QED) is 0.639. The Balaban J connectivity index is 1.54. The van der Waals surface area contributed by atoms with E-state index in [1.807, 2.05) is 13.0 Å². The first-order valence-electron chi connectivity index (χ1n) is 10.5. The number of anilines is 2. The maximum Gasteiger partial charge on any atom is 0.255 e. The molecule has 0 spiro atoms. The molecule has 2 amide bonds. The number of aryl methyl sites for hydroxylation is 1. The second-order valence-electron chi connectivity index (χ2n) is 7.57. The first-order chi connectivity index (χ1) is 14.9. The van der Waals surface area contributed by atoms with E-state index in [0.29, 0.717) is 5.75 Å². The number of nitrogens with zero attached hydrogens (tertiary/aromatic N) is 2. The number of nitrogens with one attached hydrogen (secondary N) is 1. The number of hydrogen-bond donors (Lipinski definition) is 2. The van der Waals surface area contributed by atoms with Gasteiger partial charge in [0, 0.05) is 43.6 Å². The van der Waals surface area contributed by atoms with E-state index in [1.165, 1.54) is 11.8 Å². The van der Waals surface area contributed by atoms with Crippen LogP contribution in [-0.4, -0.2) is 56.0 Å². The molecule has 1 heterocycles. The fraction of sp³-hybridized carbons (Fsp3) is 0.333. The van der Waals surface area contributed by atoms with Gasteiger partial charge in [0.1, 0.15) is 5.75 Å². The minimum Gasteiger partial charge on any atom is -0.484 e. The van der Waals surface area contributed by atoms with Gasteiger partial charge in [0.2, 0.25) is 5.91 Å². The lowest BCUT2D eigenvalue weighted by molar-refractivity contribution is -0.120. The predicted octanol–water partition coefficient (Wildman–Crippen LogP) is 2.65. The Morgan fingerprint density at radius 2 is 1.81 bits per heavy atom. The van der Waals surface area contributed by atoms with Gasteiger partial charge < -0.3 is 25.6 Å². The first-order valence-corrected chi connectivity index (χ1v) is 10.5. The molecule has 3 rings (SSSR count). The molecule has 1 fully saturated rings. The molecule has 0 aromatic heterocycles. The van der Waals surface area contributed by atoms with E-state index in [-0.39, 0.29) is 12.5 Å². The summed E-state index contributed by atoms with van der Waals surface area (Å²) in [5.41, 5.74) is 8.94. The van der Waals surface area contributed by atoms with Crippen LogP contribution in [0.5, 0.6) is 5.75 Å². The van der Waals surface area contributed by atoms with Gasteiger partial charge in [-0.05, 0) is 61.0 Å². The molecule has 0 aliphatic carbocycles. The van der Waals surface area contributed by atoms with E-state index < -0.39 is 5.91 Å². The minimum atomic E-state index is -0.525. The van der Waals surface area contributed by atoms with Gasteiger partial charge in [0.15, 0.2) is 6.61 Å². The molecule has 1 aliphatic heterocycles. The molecular formula is C24H30N4O3. The van der Waals surface area contributed by atoms with E-state index >= 15 is 0 Å². The number of carbonyl (C=O) groups is 2. The van der Waals surface area contributed by atoms with Crippen molar-refractivity contribution < 1.29 is 14.3 Å². The number of piperazine rings is 1. The maximum absolute atomic E-state index is 12.3. The second kappa shape index (κ2) is 10.6. The monoisotopic (exact) mass is 422 g/mol. The summed E-state index contributed by atoms with van der Waals surface area (Å²) in [7, 11) is 0. The number of rotatable bonds is 8. The van der Waals surface area contributed by atoms with Crippen molar-refractivity contribution in [2.75, 3.05) is 49.5 Å². The number of nitrogens with two attached hydrogens (primary N) is 1. The topological polar surface area (TPSA) is 87.9 Å². The number of likely N-dealkylation sites (N-methyl/N-ethyl adjacent to an activating group) is 1. The summed E-state index contributed by atoms with van der Waals surface area (Å²) in [5, 5.41) is 2.94. The zero-order valence-electron chi connectivity index (χ0n) is 18.1. The Kier molecular flexibility index (Phi) is 7.67. The largest absolute Gasteiger partial charge is 0.484 e. The van der Waals surface area contributed by atoms with Crippen molar-refractivity contribution in [2.45, 2.75) is 13.8 Å². The summed E-state index contributed by atoms with van der Waals surface area (Å²) in [6.45, 7) is 9.34. The predicted molar refractivity (Wildman–Crippen MR) is 124 cm³/mol. The highest BCUT2D eigenvalue weighted by Gasteiger charge is 2.16. The van der Waals surface area contributed by atoms with Gasteiger partial charge in [-0.25, -0.2) is 0 Å². The number of primary amides is 1. The number of hydrogen-bond acceptors (Lipinski definition) is 5. The Bertz CT molecular complexity index is 932. The van der Waals surface area contributed by atoms with Crippen molar-refractivity contribution in [1.29, 1.82) is 0 Å². The van der Waals surface area contributed by atoms with Crippen molar-refractivity contribution in [3.05, 3.63) is 59.7 Å². The van der Waals surface area contributed by atoms with Crippen molar-refractivity contribution >= 4 is 29.3 Å². The number of benzene rings is 2. The fourth-order valence-corrected chi connectivity index (χ4v) is 3.48. The molecule has 31 heavy (non-hydrogen) atoms. The molecule has 0 bridgehead atoms. The van der Waals surface area contributed by atoms with Gasteiger partial charge in [-0.15, -0.1) is 0 Å². The molecule has 7 heteroatoms. The normalized spacial score (nSPS) is 14.6. The summed E-state index contributed by atoms with van der Waals surface area (Å²) in [5.74, 6) is -0.170. The average molecular weight is 423 g/mol. The van der Waals surface area contributed by atoms with Gasteiger partial charge >= 0.3 is 0 Å². The Labute approximate surface area is 183 Å². The molecule has 1 aliphatic rings. The third-order valence-electron chi connectivity index (χ3n) is 5.34. The molecule has 7 nitrogen and oxygen atoms in total. The zero-order valence-corrected chi connectivity index (χ0v) is 18.1. The minimum absolute atomic E-state index is 0.162. The lowest BCUT2D eigenvalue weighted by Crippen LogP contribution is -2.46. The van der Waals surface area contributed by atoms with E-state index in [0.717, 1.165) is 49.5 Å². The standard InChI is InChI=1S/C24H30N4O3/c1-3-27-12-14-28(15-13-27)20-7-10-22(18(2)16-20)26-24(30)11-6-19-4-8-21(9-5-19)31-17-23(25)29/h4-11,16H,3,12-15,17H2,1-2H3,(H2,25,29)(H,26,30)/b11-6+. The van der Waals surface area contributed by atoms with Gasteiger partial charge in [-0.2, -0.15) is 0 Å². The maximum atomic E-state index is 12.3. The van der Waals surface area contributed by atoms with E-state index in [4.69, 9.17) is 10.5 Å². The van der Waals surface area contributed by atoms with Crippen LogP contribution in [-0.2, 0) is 9.59 Å². The van der Waals surface area contributed by atoms with E-state index in [9.17, 15) is 9.59 Å². The summed E-state index contributed by atoms with van der Waals surface area (Å²) in [6.07, 6.45) is 3.22. The molecular weight excluding hydrogens is 392 g/mol. The molecule has 3 N–H and O–H groups in total. The van der Waals surface area contributed by atoms with E-state index in [1.54, 1.807) is 30.3 Å². The molecule has 0 radical (unpaired) electrons. The molecule has 1 saturated heterocycles. The molecule has 0 unspecified atom stereocenters. The van der Waals surface area contributed by atoms with Crippen molar-refractivity contribution in [1.82, 2.24) is 4.90 Å². The SMILES string of the molecule is CCN1CCN(c2ccc(NC(=O)/C=C/c3ccc(OCC(N)=O)cc3)c(C)c2)CC1. The fourth-order valence-electron chi connectivity index (χ4n) is 3.48. The Hall–Kier alpha value is -3.32. The number of ether oxygens (including phenoxy) is 1. The third-order valence-corrected chi connectivity index (χ3v) is 5.34. The number of amides is 2. The highest BCUT2D eigenvalue weighted by molar-refractivity contribution is 6.02. The molecule has 2 aromatic rings. The summed E-state index contributed by atoms with van der Waals surface area (Å²) >= 11 is 0. The summed E-state index contributed by atoms with van der Waals surface area (Å²) in [6, 6.07) is 13.2. The van der Waals surface area contributed by atoms with Crippen LogP contribution in [0.4, 0.5) is 11.4 Å². The van der Waals surface area contributed by atoms with Crippen LogP contribution < -0.4 is 20.7 Å². The molecule has 164 valence electrons. The van der Waals surface area contributed by atoms with Gasteiger partial charge in [0.25, 0.3) is 5.91 Å². The number of carbonyl (C=O) groups excluding carboxylic acids is 2. The highest BCUT2D eigenvalue weighted by atomic mass is 16.5. The van der Waals surface area contributed by atoms with Crippen LogP contribution in [0.15, 0.2) is 48.5 Å².